The van der Waals surface area contributed by atoms with Crippen molar-refractivity contribution in [2.75, 3.05) is 31.1 Å². The minimum absolute atomic E-state index is 0.130. The van der Waals surface area contributed by atoms with Crippen LogP contribution >= 0.6 is 15.9 Å². The van der Waals surface area contributed by atoms with Crippen LogP contribution in [0.25, 0.3) is 0 Å². The summed E-state index contributed by atoms with van der Waals surface area (Å²) in [6.07, 6.45) is 3.28. The Morgan fingerprint density at radius 2 is 1.80 bits per heavy atom. The Morgan fingerprint density at radius 1 is 1.03 bits per heavy atom. The molecule has 1 fully saturated rings. The Bertz CT molecular complexity index is 1110. The lowest BCUT2D eigenvalue weighted by atomic mass is 10.2. The lowest BCUT2D eigenvalue weighted by Crippen LogP contribution is -2.49. The number of carbonyl (C=O) groups excluding carboxylic acids is 1. The first-order valence-corrected chi connectivity index (χ1v) is 10.2. The molecule has 30 heavy (non-hydrogen) atoms. The van der Waals surface area contributed by atoms with E-state index in [4.69, 9.17) is 4.74 Å². The standard InChI is InChI=1S/C22H18BrN5O2/c23-17-5-1-6-18(14-17)30-21-19(7-3-9-26-21)22(29)28-12-10-27(11-13-28)20-16(15-24)4-2-8-25-20/h1-9,14H,10-13H2. The molecular formula is C22H18BrN5O2. The molecule has 1 aliphatic rings. The number of amides is 1. The smallest absolute Gasteiger partial charge is 0.259 e. The normalized spacial score (nSPS) is 13.6. The van der Waals surface area contributed by atoms with Crippen molar-refractivity contribution in [3.63, 3.8) is 0 Å². The van der Waals surface area contributed by atoms with Crippen molar-refractivity contribution in [3.05, 3.63) is 76.5 Å². The SMILES string of the molecule is N#Cc1cccnc1N1CCN(C(=O)c2cccnc2Oc2cccc(Br)c2)CC1. The first-order valence-electron chi connectivity index (χ1n) is 9.43. The molecule has 0 atom stereocenters. The summed E-state index contributed by atoms with van der Waals surface area (Å²) in [6.45, 7) is 2.23. The van der Waals surface area contributed by atoms with Gasteiger partial charge in [0.05, 0.1) is 5.56 Å². The van der Waals surface area contributed by atoms with Crippen LogP contribution in [0, 0.1) is 11.3 Å². The maximum atomic E-state index is 13.2. The van der Waals surface area contributed by atoms with Crippen LogP contribution < -0.4 is 9.64 Å². The number of carbonyl (C=O) groups is 1. The second-order valence-corrected chi connectivity index (χ2v) is 7.60. The Hall–Kier alpha value is -3.44. The number of halogens is 1. The van der Waals surface area contributed by atoms with E-state index in [2.05, 4.69) is 32.0 Å². The highest BCUT2D eigenvalue weighted by Gasteiger charge is 2.26. The number of anilines is 1. The van der Waals surface area contributed by atoms with Gasteiger partial charge in [-0.2, -0.15) is 5.26 Å². The zero-order chi connectivity index (χ0) is 20.9. The Morgan fingerprint density at radius 3 is 2.57 bits per heavy atom. The summed E-state index contributed by atoms with van der Waals surface area (Å²) in [6, 6.07) is 16.5. The largest absolute Gasteiger partial charge is 0.438 e. The monoisotopic (exact) mass is 463 g/mol. The highest BCUT2D eigenvalue weighted by atomic mass is 79.9. The molecule has 0 radical (unpaired) electrons. The van der Waals surface area contributed by atoms with Gasteiger partial charge in [-0.05, 0) is 42.5 Å². The summed E-state index contributed by atoms with van der Waals surface area (Å²) >= 11 is 3.42. The van der Waals surface area contributed by atoms with Crippen molar-refractivity contribution >= 4 is 27.7 Å². The molecule has 1 amide bonds. The Balaban J connectivity index is 1.48. The fourth-order valence-corrected chi connectivity index (χ4v) is 3.68. The molecule has 0 unspecified atom stereocenters. The van der Waals surface area contributed by atoms with Crippen LogP contribution in [-0.4, -0.2) is 47.0 Å². The number of hydrogen-bond donors (Lipinski definition) is 0. The molecule has 0 spiro atoms. The third kappa shape index (κ3) is 4.26. The third-order valence-corrected chi connectivity index (χ3v) is 5.28. The van der Waals surface area contributed by atoms with Gasteiger partial charge in [0.2, 0.25) is 5.88 Å². The minimum Gasteiger partial charge on any atom is -0.438 e. The van der Waals surface area contributed by atoms with Crippen LogP contribution in [0.4, 0.5) is 5.82 Å². The minimum atomic E-state index is -0.130. The van der Waals surface area contributed by atoms with Gasteiger partial charge in [-0.1, -0.05) is 22.0 Å². The van der Waals surface area contributed by atoms with E-state index >= 15 is 0 Å². The first kappa shape index (κ1) is 19.9. The summed E-state index contributed by atoms with van der Waals surface area (Å²) < 4.78 is 6.76. The second-order valence-electron chi connectivity index (χ2n) is 6.68. The van der Waals surface area contributed by atoms with E-state index < -0.39 is 0 Å². The molecule has 2 aromatic heterocycles. The van der Waals surface area contributed by atoms with E-state index in [0.29, 0.717) is 48.9 Å². The number of benzene rings is 1. The summed E-state index contributed by atoms with van der Waals surface area (Å²) in [4.78, 5) is 25.6. The summed E-state index contributed by atoms with van der Waals surface area (Å²) in [5, 5.41) is 9.30. The van der Waals surface area contributed by atoms with E-state index in [9.17, 15) is 10.1 Å². The Kier molecular flexibility index (Phi) is 5.91. The number of aromatic nitrogens is 2. The molecule has 1 aliphatic heterocycles. The topological polar surface area (TPSA) is 82.4 Å². The van der Waals surface area contributed by atoms with Crippen molar-refractivity contribution in [3.8, 4) is 17.7 Å². The van der Waals surface area contributed by atoms with Crippen LogP contribution in [0.5, 0.6) is 11.6 Å². The predicted molar refractivity (Wildman–Crippen MR) is 116 cm³/mol. The maximum absolute atomic E-state index is 13.2. The van der Waals surface area contributed by atoms with E-state index in [1.807, 2.05) is 29.2 Å². The van der Waals surface area contributed by atoms with Gasteiger partial charge < -0.3 is 14.5 Å². The fraction of sp³-hybridized carbons (Fsp3) is 0.182. The second kappa shape index (κ2) is 8.93. The highest BCUT2D eigenvalue weighted by molar-refractivity contribution is 9.10. The number of rotatable bonds is 4. The molecule has 8 heteroatoms. The van der Waals surface area contributed by atoms with Gasteiger partial charge in [-0.3, -0.25) is 4.79 Å². The summed E-state index contributed by atoms with van der Waals surface area (Å²) in [5.74, 6) is 1.40. The predicted octanol–water partition coefficient (Wildman–Crippen LogP) is 3.87. The molecule has 0 aliphatic carbocycles. The van der Waals surface area contributed by atoms with Crippen LogP contribution in [-0.2, 0) is 0 Å². The molecule has 3 heterocycles. The van der Waals surface area contributed by atoms with Gasteiger partial charge in [-0.15, -0.1) is 0 Å². The molecule has 150 valence electrons. The number of piperazine rings is 1. The van der Waals surface area contributed by atoms with Gasteiger partial charge in [0, 0.05) is 43.0 Å². The van der Waals surface area contributed by atoms with Crippen LogP contribution in [0.3, 0.4) is 0 Å². The maximum Gasteiger partial charge on any atom is 0.259 e. The van der Waals surface area contributed by atoms with E-state index in [0.717, 1.165) is 4.47 Å². The molecule has 0 bridgehead atoms. The fourth-order valence-electron chi connectivity index (χ4n) is 3.30. The third-order valence-electron chi connectivity index (χ3n) is 4.79. The van der Waals surface area contributed by atoms with Gasteiger partial charge in [0.25, 0.3) is 5.91 Å². The van der Waals surface area contributed by atoms with Crippen molar-refractivity contribution in [2.24, 2.45) is 0 Å². The molecule has 1 aromatic carbocycles. The number of nitriles is 1. The van der Waals surface area contributed by atoms with Gasteiger partial charge in [0.15, 0.2) is 0 Å². The molecule has 7 nitrogen and oxygen atoms in total. The van der Waals surface area contributed by atoms with Gasteiger partial charge >= 0.3 is 0 Å². The van der Waals surface area contributed by atoms with Crippen molar-refractivity contribution in [1.29, 1.82) is 5.26 Å². The van der Waals surface area contributed by atoms with Crippen molar-refractivity contribution < 1.29 is 9.53 Å². The quantitative estimate of drug-likeness (QED) is 0.583. The molecule has 1 saturated heterocycles. The van der Waals surface area contributed by atoms with Crippen molar-refractivity contribution in [1.82, 2.24) is 14.9 Å². The lowest BCUT2D eigenvalue weighted by Gasteiger charge is -2.35. The number of nitrogens with zero attached hydrogens (tertiary/aromatic N) is 5. The average Bonchev–Trinajstić information content (AvgIpc) is 2.79. The molecule has 3 aromatic rings. The van der Waals surface area contributed by atoms with E-state index in [1.165, 1.54) is 0 Å². The zero-order valence-electron chi connectivity index (χ0n) is 16.0. The van der Waals surface area contributed by atoms with Crippen LogP contribution in [0.2, 0.25) is 0 Å². The number of hydrogen-bond acceptors (Lipinski definition) is 6. The van der Waals surface area contributed by atoms with E-state index in [1.54, 1.807) is 41.6 Å². The van der Waals surface area contributed by atoms with Gasteiger partial charge in [0.1, 0.15) is 23.2 Å². The first-order chi connectivity index (χ1) is 14.7. The van der Waals surface area contributed by atoms with E-state index in [-0.39, 0.29) is 11.8 Å². The lowest BCUT2D eigenvalue weighted by molar-refractivity contribution is 0.0743. The number of pyridine rings is 2. The average molecular weight is 464 g/mol. The Labute approximate surface area is 182 Å². The molecule has 0 N–H and O–H groups in total. The molecular weight excluding hydrogens is 446 g/mol. The molecule has 0 saturated carbocycles. The van der Waals surface area contributed by atoms with Gasteiger partial charge in [-0.25, -0.2) is 9.97 Å². The van der Waals surface area contributed by atoms with Crippen LogP contribution in [0.15, 0.2) is 65.4 Å². The highest BCUT2D eigenvalue weighted by Crippen LogP contribution is 2.27. The summed E-state index contributed by atoms with van der Waals surface area (Å²) in [5.41, 5.74) is 0.954. The molecule has 4 rings (SSSR count). The number of ether oxygens (including phenoxy) is 1. The van der Waals surface area contributed by atoms with Crippen LogP contribution in [0.1, 0.15) is 15.9 Å². The van der Waals surface area contributed by atoms with Crippen molar-refractivity contribution in [2.45, 2.75) is 0 Å². The zero-order valence-corrected chi connectivity index (χ0v) is 17.6. The summed E-state index contributed by atoms with van der Waals surface area (Å²) in [7, 11) is 0.